The van der Waals surface area contributed by atoms with Crippen LogP contribution in [-0.4, -0.2) is 35.7 Å². The standard InChI is InChI=1S/C23H28ClN5O.HI/c1-3-25-23(27-12-11-19-9-10-20(30-2)15-21(19)24)28-16-22-26-13-14-29(22)17-18-7-5-4-6-8-18;/h4-10,13-15H,3,11-12,16-17H2,1-2H3,(H2,25,27,28);1H. The molecule has 0 radical (unpaired) electrons. The molecule has 1 heterocycles. The predicted molar refractivity (Wildman–Crippen MR) is 138 cm³/mol. The van der Waals surface area contributed by atoms with E-state index in [0.29, 0.717) is 11.6 Å². The van der Waals surface area contributed by atoms with Crippen molar-refractivity contribution in [3.05, 3.63) is 82.9 Å². The first-order chi connectivity index (χ1) is 14.7. The number of aliphatic imine (C=N–C) groups is 1. The zero-order chi connectivity index (χ0) is 21.2. The molecular weight excluding hydrogens is 525 g/mol. The maximum absolute atomic E-state index is 6.33. The first-order valence-corrected chi connectivity index (χ1v) is 10.5. The van der Waals surface area contributed by atoms with Gasteiger partial charge in [-0.25, -0.2) is 9.98 Å². The third-order valence-electron chi connectivity index (χ3n) is 4.67. The number of halogens is 2. The van der Waals surface area contributed by atoms with Gasteiger partial charge in [0.2, 0.25) is 0 Å². The third-order valence-corrected chi connectivity index (χ3v) is 5.02. The predicted octanol–water partition coefficient (Wildman–Crippen LogP) is 4.51. The van der Waals surface area contributed by atoms with E-state index in [1.165, 1.54) is 5.56 Å². The van der Waals surface area contributed by atoms with Crippen molar-refractivity contribution in [3.63, 3.8) is 0 Å². The molecule has 0 fully saturated rings. The average Bonchev–Trinajstić information content (AvgIpc) is 3.20. The van der Waals surface area contributed by atoms with Crippen LogP contribution in [0.4, 0.5) is 0 Å². The summed E-state index contributed by atoms with van der Waals surface area (Å²) >= 11 is 6.33. The van der Waals surface area contributed by atoms with E-state index in [4.69, 9.17) is 21.3 Å². The zero-order valence-electron chi connectivity index (χ0n) is 17.8. The second-order valence-corrected chi connectivity index (χ2v) is 7.19. The number of aromatic nitrogens is 2. The van der Waals surface area contributed by atoms with Crippen molar-refractivity contribution in [2.24, 2.45) is 4.99 Å². The van der Waals surface area contributed by atoms with Gasteiger partial charge in [-0.1, -0.05) is 48.0 Å². The van der Waals surface area contributed by atoms with Crippen molar-refractivity contribution >= 4 is 41.5 Å². The normalized spacial score (nSPS) is 11.0. The molecule has 0 saturated heterocycles. The molecule has 31 heavy (non-hydrogen) atoms. The summed E-state index contributed by atoms with van der Waals surface area (Å²) in [4.78, 5) is 9.17. The molecule has 2 N–H and O–H groups in total. The topological polar surface area (TPSA) is 63.5 Å². The average molecular weight is 554 g/mol. The van der Waals surface area contributed by atoms with Crippen molar-refractivity contribution < 1.29 is 4.74 Å². The number of imidazole rings is 1. The number of benzene rings is 2. The van der Waals surface area contributed by atoms with Gasteiger partial charge >= 0.3 is 0 Å². The van der Waals surface area contributed by atoms with Crippen molar-refractivity contribution in [1.29, 1.82) is 0 Å². The number of hydrogen-bond donors (Lipinski definition) is 2. The Morgan fingerprint density at radius 2 is 1.97 bits per heavy atom. The molecule has 3 rings (SSSR count). The Labute approximate surface area is 206 Å². The summed E-state index contributed by atoms with van der Waals surface area (Å²) in [6.45, 7) is 4.84. The Hall–Kier alpha value is -2.26. The fraction of sp³-hybridized carbons (Fsp3) is 0.304. The number of hydrogen-bond acceptors (Lipinski definition) is 3. The van der Waals surface area contributed by atoms with Crippen LogP contribution in [0, 0.1) is 0 Å². The maximum Gasteiger partial charge on any atom is 0.191 e. The monoisotopic (exact) mass is 553 g/mol. The van der Waals surface area contributed by atoms with E-state index in [1.54, 1.807) is 7.11 Å². The quantitative estimate of drug-likeness (QED) is 0.233. The maximum atomic E-state index is 6.33. The first kappa shape index (κ1) is 25.0. The Balaban J connectivity index is 0.00000341. The largest absolute Gasteiger partial charge is 0.497 e. The molecule has 0 spiro atoms. The van der Waals surface area contributed by atoms with Crippen LogP contribution in [0.1, 0.15) is 23.9 Å². The van der Waals surface area contributed by atoms with E-state index >= 15 is 0 Å². The number of nitrogens with zero attached hydrogens (tertiary/aromatic N) is 3. The van der Waals surface area contributed by atoms with Gasteiger partial charge in [0.05, 0.1) is 7.11 Å². The second-order valence-electron chi connectivity index (χ2n) is 6.79. The highest BCUT2D eigenvalue weighted by molar-refractivity contribution is 14.0. The number of methoxy groups -OCH3 is 1. The minimum atomic E-state index is 0. The molecule has 1 aromatic heterocycles. The number of nitrogens with one attached hydrogen (secondary N) is 2. The number of guanidine groups is 1. The molecule has 0 saturated carbocycles. The Morgan fingerprint density at radius 1 is 1.16 bits per heavy atom. The molecule has 0 aliphatic heterocycles. The van der Waals surface area contributed by atoms with Crippen LogP contribution in [0.3, 0.4) is 0 Å². The Morgan fingerprint density at radius 3 is 2.68 bits per heavy atom. The van der Waals surface area contributed by atoms with Crippen LogP contribution in [0.25, 0.3) is 0 Å². The van der Waals surface area contributed by atoms with Gasteiger partial charge in [0.15, 0.2) is 5.96 Å². The molecular formula is C23H29ClIN5O. The van der Waals surface area contributed by atoms with Crippen LogP contribution < -0.4 is 15.4 Å². The summed E-state index contributed by atoms with van der Waals surface area (Å²) in [5.74, 6) is 2.45. The van der Waals surface area contributed by atoms with E-state index in [1.807, 2.05) is 55.7 Å². The highest BCUT2D eigenvalue weighted by Gasteiger charge is 2.06. The highest BCUT2D eigenvalue weighted by Crippen LogP contribution is 2.22. The van der Waals surface area contributed by atoms with Gasteiger partial charge in [-0.15, -0.1) is 24.0 Å². The van der Waals surface area contributed by atoms with E-state index < -0.39 is 0 Å². The van der Waals surface area contributed by atoms with Crippen molar-refractivity contribution in [2.45, 2.75) is 26.4 Å². The molecule has 166 valence electrons. The zero-order valence-corrected chi connectivity index (χ0v) is 20.9. The Kier molecular flexibility index (Phi) is 10.7. The summed E-state index contributed by atoms with van der Waals surface area (Å²) in [5.41, 5.74) is 2.31. The molecule has 0 atom stereocenters. The fourth-order valence-electron chi connectivity index (χ4n) is 3.08. The molecule has 0 bridgehead atoms. The summed E-state index contributed by atoms with van der Waals surface area (Å²) in [6, 6.07) is 16.1. The van der Waals surface area contributed by atoms with Crippen molar-refractivity contribution in [3.8, 4) is 5.75 Å². The van der Waals surface area contributed by atoms with E-state index in [0.717, 1.165) is 49.2 Å². The molecule has 2 aromatic carbocycles. The van der Waals surface area contributed by atoms with Crippen LogP contribution in [0.15, 0.2) is 65.9 Å². The molecule has 0 aliphatic carbocycles. The van der Waals surface area contributed by atoms with Crippen molar-refractivity contribution in [2.75, 3.05) is 20.2 Å². The van der Waals surface area contributed by atoms with Crippen LogP contribution in [-0.2, 0) is 19.5 Å². The fourth-order valence-corrected chi connectivity index (χ4v) is 3.35. The van der Waals surface area contributed by atoms with Gasteiger partial charge in [0.25, 0.3) is 0 Å². The van der Waals surface area contributed by atoms with Gasteiger partial charge in [-0.05, 0) is 36.6 Å². The number of ether oxygens (including phenoxy) is 1. The second kappa shape index (κ2) is 13.2. The highest BCUT2D eigenvalue weighted by atomic mass is 127. The lowest BCUT2D eigenvalue weighted by atomic mass is 10.1. The van der Waals surface area contributed by atoms with Gasteiger partial charge in [-0.2, -0.15) is 0 Å². The van der Waals surface area contributed by atoms with Crippen LogP contribution in [0.5, 0.6) is 5.75 Å². The van der Waals surface area contributed by atoms with Gasteiger partial charge < -0.3 is 19.9 Å². The van der Waals surface area contributed by atoms with Crippen LogP contribution >= 0.6 is 35.6 Å². The van der Waals surface area contributed by atoms with Crippen molar-refractivity contribution in [1.82, 2.24) is 20.2 Å². The minimum Gasteiger partial charge on any atom is -0.497 e. The van der Waals surface area contributed by atoms with Gasteiger partial charge in [0, 0.05) is 37.1 Å². The molecule has 0 amide bonds. The van der Waals surface area contributed by atoms with E-state index in [2.05, 4.69) is 32.3 Å². The summed E-state index contributed by atoms with van der Waals surface area (Å²) in [6.07, 6.45) is 4.60. The Bertz CT molecular complexity index is 962. The number of rotatable bonds is 9. The lowest BCUT2D eigenvalue weighted by Gasteiger charge is -2.13. The van der Waals surface area contributed by atoms with Crippen LogP contribution in [0.2, 0.25) is 5.02 Å². The van der Waals surface area contributed by atoms with Gasteiger partial charge in [0.1, 0.15) is 18.1 Å². The molecule has 0 aliphatic rings. The summed E-state index contributed by atoms with van der Waals surface area (Å²) < 4.78 is 7.33. The first-order valence-electron chi connectivity index (χ1n) is 10.1. The molecule has 8 heteroatoms. The lowest BCUT2D eigenvalue weighted by Crippen LogP contribution is -2.38. The van der Waals surface area contributed by atoms with E-state index in [-0.39, 0.29) is 24.0 Å². The van der Waals surface area contributed by atoms with Gasteiger partial charge in [-0.3, -0.25) is 0 Å². The molecule has 0 unspecified atom stereocenters. The molecule has 3 aromatic rings. The molecule has 6 nitrogen and oxygen atoms in total. The summed E-state index contributed by atoms with van der Waals surface area (Å²) in [5, 5.41) is 7.36. The third kappa shape index (κ3) is 7.74. The van der Waals surface area contributed by atoms with E-state index in [9.17, 15) is 0 Å². The summed E-state index contributed by atoms with van der Waals surface area (Å²) in [7, 11) is 1.64. The smallest absolute Gasteiger partial charge is 0.191 e. The SMILES string of the molecule is CCNC(=NCc1nccn1Cc1ccccc1)NCCc1ccc(OC)cc1Cl.I. The lowest BCUT2D eigenvalue weighted by molar-refractivity contribution is 0.414. The minimum absolute atomic E-state index is 0.